The van der Waals surface area contributed by atoms with Gasteiger partial charge in [-0.15, -0.1) is 0 Å². The van der Waals surface area contributed by atoms with E-state index in [1.807, 2.05) is 9.80 Å². The largest absolute Gasteiger partial charge is 0.468 e. The highest BCUT2D eigenvalue weighted by molar-refractivity contribution is 5.79. The summed E-state index contributed by atoms with van der Waals surface area (Å²) in [7, 11) is 1.43. The normalized spacial score (nSPS) is 32.7. The van der Waals surface area contributed by atoms with E-state index in [2.05, 4.69) is 24.1 Å². The molecule has 7 heteroatoms. The molecule has 7 nitrogen and oxygen atoms in total. The van der Waals surface area contributed by atoms with Crippen molar-refractivity contribution in [1.82, 2.24) is 20.0 Å². The third kappa shape index (κ3) is 2.56. The summed E-state index contributed by atoms with van der Waals surface area (Å²) in [6.45, 7) is 8.18. The van der Waals surface area contributed by atoms with Crippen molar-refractivity contribution in [2.24, 2.45) is 0 Å². The van der Waals surface area contributed by atoms with Crippen molar-refractivity contribution in [3.8, 4) is 0 Å². The first kappa shape index (κ1) is 15.6. The SMILES string of the molecule is COC(=O)[C@H]1C[C@@H](N2CC3CNCCN3C2=O)CN1C(C)C. The molecule has 0 spiro atoms. The molecule has 3 aliphatic rings. The number of fused-ring (bicyclic) bond motifs is 1. The number of nitrogens with one attached hydrogen (secondary N) is 1. The summed E-state index contributed by atoms with van der Waals surface area (Å²) < 4.78 is 4.94. The van der Waals surface area contributed by atoms with E-state index >= 15 is 0 Å². The van der Waals surface area contributed by atoms with E-state index in [9.17, 15) is 9.59 Å². The van der Waals surface area contributed by atoms with Crippen molar-refractivity contribution < 1.29 is 14.3 Å². The molecule has 3 atom stereocenters. The van der Waals surface area contributed by atoms with Gasteiger partial charge in [0.1, 0.15) is 6.04 Å². The minimum atomic E-state index is -0.237. The van der Waals surface area contributed by atoms with Crippen molar-refractivity contribution in [3.05, 3.63) is 0 Å². The Balaban J connectivity index is 1.73. The van der Waals surface area contributed by atoms with E-state index in [1.54, 1.807) is 0 Å². The lowest BCUT2D eigenvalue weighted by atomic mass is 10.1. The zero-order chi connectivity index (χ0) is 15.9. The topological polar surface area (TPSA) is 65.1 Å². The number of carbonyl (C=O) groups is 2. The van der Waals surface area contributed by atoms with Gasteiger partial charge in [0.05, 0.1) is 13.2 Å². The summed E-state index contributed by atoms with van der Waals surface area (Å²) >= 11 is 0. The maximum absolute atomic E-state index is 12.6. The Morgan fingerprint density at radius 1 is 1.27 bits per heavy atom. The quantitative estimate of drug-likeness (QED) is 0.727. The minimum Gasteiger partial charge on any atom is -0.468 e. The van der Waals surface area contributed by atoms with Crippen LogP contribution in [-0.4, -0.2) is 90.7 Å². The standard InChI is InChI=1S/C15H26N4O3/c1-10(2)18-8-11(6-13(18)14(20)22-3)19-9-12-7-16-4-5-17(12)15(19)21/h10-13,16H,4-9H2,1-3H3/t11-,12?,13-/m1/s1. The van der Waals surface area contributed by atoms with Crippen LogP contribution in [-0.2, 0) is 9.53 Å². The molecular formula is C15H26N4O3. The second-order valence-electron chi connectivity index (χ2n) is 6.71. The number of nitrogens with zero attached hydrogens (tertiary/aromatic N) is 3. The summed E-state index contributed by atoms with van der Waals surface area (Å²) in [5, 5.41) is 3.35. The number of hydrogen-bond acceptors (Lipinski definition) is 5. The van der Waals surface area contributed by atoms with Crippen LogP contribution in [0.4, 0.5) is 4.79 Å². The predicted molar refractivity (Wildman–Crippen MR) is 81.5 cm³/mol. The highest BCUT2D eigenvalue weighted by atomic mass is 16.5. The molecule has 3 heterocycles. The van der Waals surface area contributed by atoms with Gasteiger partial charge in [-0.1, -0.05) is 0 Å². The molecule has 0 saturated carbocycles. The van der Waals surface area contributed by atoms with E-state index in [0.717, 1.165) is 32.7 Å². The summed E-state index contributed by atoms with van der Waals surface area (Å²) in [6, 6.07) is 0.524. The lowest BCUT2D eigenvalue weighted by Gasteiger charge is -2.28. The van der Waals surface area contributed by atoms with Gasteiger partial charge in [-0.25, -0.2) is 4.79 Å². The number of methoxy groups -OCH3 is 1. The number of rotatable bonds is 3. The number of likely N-dealkylation sites (tertiary alicyclic amines) is 1. The van der Waals surface area contributed by atoms with E-state index in [1.165, 1.54) is 7.11 Å². The molecule has 3 rings (SSSR count). The first-order valence-corrected chi connectivity index (χ1v) is 8.14. The number of piperazine rings is 1. The molecule has 0 aromatic carbocycles. The van der Waals surface area contributed by atoms with Gasteiger partial charge in [0, 0.05) is 44.8 Å². The third-order valence-electron chi connectivity index (χ3n) is 5.14. The van der Waals surface area contributed by atoms with Crippen LogP contribution >= 0.6 is 0 Å². The molecule has 22 heavy (non-hydrogen) atoms. The highest BCUT2D eigenvalue weighted by Gasteiger charge is 2.47. The van der Waals surface area contributed by atoms with Crippen molar-refractivity contribution in [3.63, 3.8) is 0 Å². The van der Waals surface area contributed by atoms with Gasteiger partial charge in [-0.05, 0) is 20.3 Å². The highest BCUT2D eigenvalue weighted by Crippen LogP contribution is 2.29. The van der Waals surface area contributed by atoms with Gasteiger partial charge in [0.2, 0.25) is 0 Å². The second kappa shape index (κ2) is 6.04. The molecular weight excluding hydrogens is 284 g/mol. The minimum absolute atomic E-state index is 0.101. The lowest BCUT2D eigenvalue weighted by molar-refractivity contribution is -0.146. The first-order chi connectivity index (χ1) is 10.5. The number of ether oxygens (including phenoxy) is 1. The Morgan fingerprint density at radius 3 is 2.68 bits per heavy atom. The van der Waals surface area contributed by atoms with Crippen LogP contribution in [0.5, 0.6) is 0 Å². The van der Waals surface area contributed by atoms with Crippen LogP contribution in [0.3, 0.4) is 0 Å². The molecule has 0 aliphatic carbocycles. The van der Waals surface area contributed by atoms with Gasteiger partial charge < -0.3 is 19.9 Å². The Hall–Kier alpha value is -1.34. The van der Waals surface area contributed by atoms with E-state index in [4.69, 9.17) is 4.74 Å². The van der Waals surface area contributed by atoms with Crippen molar-refractivity contribution in [2.45, 2.75) is 44.4 Å². The lowest BCUT2D eigenvalue weighted by Crippen LogP contribution is -2.50. The van der Waals surface area contributed by atoms with E-state index in [-0.39, 0.29) is 36.2 Å². The van der Waals surface area contributed by atoms with Crippen LogP contribution in [0.15, 0.2) is 0 Å². The molecule has 124 valence electrons. The zero-order valence-corrected chi connectivity index (χ0v) is 13.6. The Kier molecular flexibility index (Phi) is 4.27. The van der Waals surface area contributed by atoms with Crippen molar-refractivity contribution >= 4 is 12.0 Å². The molecule has 0 aromatic heterocycles. The molecule has 0 radical (unpaired) electrons. The molecule has 1 unspecified atom stereocenters. The van der Waals surface area contributed by atoms with Crippen LogP contribution in [0.2, 0.25) is 0 Å². The summed E-state index contributed by atoms with van der Waals surface area (Å²) in [4.78, 5) is 30.8. The second-order valence-corrected chi connectivity index (χ2v) is 6.71. The number of carbonyl (C=O) groups excluding carboxylic acids is 2. The number of amides is 2. The molecule has 3 aliphatic heterocycles. The molecule has 2 amide bonds. The van der Waals surface area contributed by atoms with E-state index < -0.39 is 0 Å². The van der Waals surface area contributed by atoms with E-state index in [0.29, 0.717) is 6.42 Å². The molecule has 0 aromatic rings. The molecule has 0 bridgehead atoms. The van der Waals surface area contributed by atoms with Gasteiger partial charge >= 0.3 is 12.0 Å². The maximum Gasteiger partial charge on any atom is 0.323 e. The van der Waals surface area contributed by atoms with Crippen LogP contribution in [0, 0.1) is 0 Å². The summed E-state index contributed by atoms with van der Waals surface area (Å²) in [6.07, 6.45) is 0.671. The average molecular weight is 310 g/mol. The summed E-state index contributed by atoms with van der Waals surface area (Å²) in [5.41, 5.74) is 0. The molecule has 1 N–H and O–H groups in total. The fourth-order valence-electron chi connectivity index (χ4n) is 3.95. The number of esters is 1. The average Bonchev–Trinajstić information content (AvgIpc) is 3.09. The maximum atomic E-state index is 12.6. The predicted octanol–water partition coefficient (Wildman–Crippen LogP) is -0.280. The van der Waals surface area contributed by atoms with Crippen LogP contribution < -0.4 is 5.32 Å². The third-order valence-corrected chi connectivity index (χ3v) is 5.14. The first-order valence-electron chi connectivity index (χ1n) is 8.14. The van der Waals surface area contributed by atoms with Crippen molar-refractivity contribution in [2.75, 3.05) is 39.8 Å². The molecule has 3 saturated heterocycles. The van der Waals surface area contributed by atoms with Crippen LogP contribution in [0.25, 0.3) is 0 Å². The number of hydrogen-bond donors (Lipinski definition) is 1. The van der Waals surface area contributed by atoms with Gasteiger partial charge in [-0.3, -0.25) is 9.69 Å². The Morgan fingerprint density at radius 2 is 2.05 bits per heavy atom. The fraction of sp³-hybridized carbons (Fsp3) is 0.867. The summed E-state index contributed by atoms with van der Waals surface area (Å²) in [5.74, 6) is -0.192. The van der Waals surface area contributed by atoms with Gasteiger partial charge in [0.15, 0.2) is 0 Å². The Labute approximate surface area is 131 Å². The fourth-order valence-corrected chi connectivity index (χ4v) is 3.95. The van der Waals surface area contributed by atoms with Gasteiger partial charge in [0.25, 0.3) is 0 Å². The zero-order valence-electron chi connectivity index (χ0n) is 13.6. The Bertz CT molecular complexity index is 456. The number of urea groups is 1. The molecule has 3 fully saturated rings. The smallest absolute Gasteiger partial charge is 0.323 e. The van der Waals surface area contributed by atoms with Crippen molar-refractivity contribution in [1.29, 1.82) is 0 Å². The van der Waals surface area contributed by atoms with Gasteiger partial charge in [-0.2, -0.15) is 0 Å². The monoisotopic (exact) mass is 310 g/mol. The van der Waals surface area contributed by atoms with Crippen LogP contribution in [0.1, 0.15) is 20.3 Å².